The molecule has 0 bridgehead atoms. The van der Waals surface area contributed by atoms with Crippen LogP contribution in [0.3, 0.4) is 0 Å². The molecule has 0 amide bonds. The fourth-order valence-electron chi connectivity index (χ4n) is 1.63. The summed E-state index contributed by atoms with van der Waals surface area (Å²) in [6.45, 7) is 19.4. The first kappa shape index (κ1) is 26.6. The minimum Gasteiger partial charge on any atom is -0.460 e. The van der Waals surface area contributed by atoms with Crippen molar-refractivity contribution in [3.05, 3.63) is 23.6 Å². The van der Waals surface area contributed by atoms with Crippen molar-refractivity contribution in [2.24, 2.45) is 5.92 Å². The van der Waals surface area contributed by atoms with Crippen molar-refractivity contribution in [3.8, 4) is 0 Å². The first-order chi connectivity index (χ1) is 12.5. The van der Waals surface area contributed by atoms with Crippen molar-refractivity contribution in [2.45, 2.75) is 40.0 Å². The molecule has 0 aromatic rings. The number of hydrogen-bond donors (Lipinski definition) is 0. The average Bonchev–Trinajstić information content (AvgIpc) is 2.58. The summed E-state index contributed by atoms with van der Waals surface area (Å²) in [6, 6.07) is 0. The van der Waals surface area contributed by atoms with Gasteiger partial charge in [0.15, 0.2) is 36.9 Å². The molecule has 11 heteroatoms. The molecule has 0 aliphatic carbocycles. The van der Waals surface area contributed by atoms with Crippen LogP contribution < -0.4 is 0 Å². The molecule has 6 nitrogen and oxygen atoms in total. The van der Waals surface area contributed by atoms with E-state index < -0.39 is 42.9 Å². The first-order valence-electron chi connectivity index (χ1n) is 8.98. The van der Waals surface area contributed by atoms with E-state index in [0.29, 0.717) is 5.75 Å². The van der Waals surface area contributed by atoms with Crippen molar-refractivity contribution in [2.75, 3.05) is 17.9 Å². The number of rotatable bonds is 14. The van der Waals surface area contributed by atoms with Crippen LogP contribution in [-0.2, 0) is 27.3 Å². The van der Waals surface area contributed by atoms with E-state index in [1.165, 1.54) is 11.7 Å². The Balaban J connectivity index is 3.95. The number of carbonyl (C=O) groups is 2. The first-order valence-corrected chi connectivity index (χ1v) is 18.7. The lowest BCUT2D eigenvalue weighted by atomic mass is 10.2. The zero-order chi connectivity index (χ0) is 21.0. The predicted octanol–water partition coefficient (Wildman–Crippen LogP) is 1.38. The number of ether oxygens (including phenoxy) is 2. The van der Waals surface area contributed by atoms with Crippen molar-refractivity contribution in [3.63, 3.8) is 0 Å². The monoisotopic (exact) mass is 466 g/mol. The molecule has 156 valence electrons. The molecule has 1 unspecified atom stereocenters. The summed E-state index contributed by atoms with van der Waals surface area (Å²) in [6.07, 6.45) is 0. The summed E-state index contributed by atoms with van der Waals surface area (Å²) in [5, 5.41) is 0.938. The summed E-state index contributed by atoms with van der Waals surface area (Å²) in [7, 11) is -4.17. The molecule has 0 aromatic heterocycles. The predicted molar refractivity (Wildman–Crippen MR) is 123 cm³/mol. The van der Waals surface area contributed by atoms with Crippen LogP contribution in [0, 0.1) is 5.92 Å². The lowest BCUT2D eigenvalue weighted by Crippen LogP contribution is -2.39. The third-order valence-electron chi connectivity index (χ3n) is 3.64. The van der Waals surface area contributed by atoms with Crippen LogP contribution in [-0.4, -0.2) is 66.7 Å². The second kappa shape index (κ2) is 13.7. The maximum atomic E-state index is 11.9. The van der Waals surface area contributed by atoms with Crippen LogP contribution in [0.1, 0.15) is 13.8 Å². The number of hydrogen-bond acceptors (Lipinski definition) is 7. The van der Waals surface area contributed by atoms with E-state index in [4.69, 9.17) is 17.7 Å². The Labute approximate surface area is 175 Å². The molecule has 0 radical (unpaired) electrons. The van der Waals surface area contributed by atoms with E-state index in [0.717, 1.165) is 5.38 Å². The Morgan fingerprint density at radius 2 is 1.85 bits per heavy atom. The third-order valence-corrected chi connectivity index (χ3v) is 18.3. The minimum atomic E-state index is -1.84. The van der Waals surface area contributed by atoms with Gasteiger partial charge in [-0.25, -0.2) is 4.79 Å². The molecule has 0 fully saturated rings. The Kier molecular flexibility index (Phi) is 13.5. The fraction of sp³-hybridized carbons (Fsp3) is 0.625. The van der Waals surface area contributed by atoms with E-state index in [1.54, 1.807) is 18.7 Å². The Morgan fingerprint density at radius 1 is 1.22 bits per heavy atom. The lowest BCUT2D eigenvalue weighted by Gasteiger charge is -2.26. The number of thioether (sulfide) groups is 1. The van der Waals surface area contributed by atoms with Crippen molar-refractivity contribution in [1.82, 2.24) is 0 Å². The third kappa shape index (κ3) is 12.6. The van der Waals surface area contributed by atoms with Gasteiger partial charge in [-0.3, -0.25) is 4.79 Å². The Hall–Kier alpha value is -0.442. The van der Waals surface area contributed by atoms with Gasteiger partial charge in [0.25, 0.3) is 0 Å². The summed E-state index contributed by atoms with van der Waals surface area (Å²) < 4.78 is 21.8. The summed E-state index contributed by atoms with van der Waals surface area (Å²) in [5.41, 5.74) is 0.272. The van der Waals surface area contributed by atoms with E-state index in [9.17, 15) is 9.59 Å². The van der Waals surface area contributed by atoms with Gasteiger partial charge in [0, 0.05) is 16.7 Å². The van der Waals surface area contributed by atoms with Gasteiger partial charge in [-0.2, -0.15) is 11.8 Å². The molecule has 0 saturated carbocycles. The molecule has 0 aliphatic heterocycles. The van der Waals surface area contributed by atoms with E-state index in [2.05, 4.69) is 39.3 Å². The second-order valence-electron chi connectivity index (χ2n) is 7.09. The smallest absolute Gasteiger partial charge is 0.335 e. The number of carbonyl (C=O) groups excluding carboxylic acids is 2. The van der Waals surface area contributed by atoms with Crippen molar-refractivity contribution in [1.29, 1.82) is 0 Å². The van der Waals surface area contributed by atoms with Gasteiger partial charge >= 0.3 is 11.9 Å². The topological polar surface area (TPSA) is 71.1 Å². The summed E-state index contributed by atoms with van der Waals surface area (Å²) in [5.74, 6) is -0.539. The largest absolute Gasteiger partial charge is 0.460 e. The van der Waals surface area contributed by atoms with Gasteiger partial charge in [0.1, 0.15) is 0 Å². The molecule has 0 spiro atoms. The Morgan fingerprint density at radius 3 is 2.41 bits per heavy atom. The van der Waals surface area contributed by atoms with Crippen LogP contribution in [0.2, 0.25) is 26.2 Å². The maximum absolute atomic E-state index is 11.9. The minimum absolute atomic E-state index is 0.260. The van der Waals surface area contributed by atoms with E-state index in [1.807, 2.05) is 0 Å². The molecule has 27 heavy (non-hydrogen) atoms. The van der Waals surface area contributed by atoms with Crippen LogP contribution >= 0.6 is 11.8 Å². The molecular formula is C16H34O6SSi4. The highest BCUT2D eigenvalue weighted by atomic mass is 32.2. The maximum Gasteiger partial charge on any atom is 0.335 e. The highest BCUT2D eigenvalue weighted by molar-refractivity contribution is 8.00. The van der Waals surface area contributed by atoms with Gasteiger partial charge in [0.2, 0.25) is 6.79 Å². The molecule has 0 rings (SSSR count). The quantitative estimate of drug-likeness (QED) is 0.126. The van der Waals surface area contributed by atoms with Gasteiger partial charge < -0.3 is 17.7 Å². The molecular weight excluding hydrogens is 433 g/mol. The zero-order valence-corrected chi connectivity index (χ0v) is 23.3. The van der Waals surface area contributed by atoms with Crippen molar-refractivity contribution >= 4 is 60.6 Å². The van der Waals surface area contributed by atoms with Crippen LogP contribution in [0.5, 0.6) is 0 Å². The standard InChI is InChI=1S/C16H34O6SSi4/c1-12(2)15(17)19-10-20-16(18)13(3)9-23-11-24-22-27(7,8)14(4)25-21-26(5)6/h13,26H,1,4,9-11,24-25H2,2-3,5-8H3. The normalized spacial score (nSPS) is 13.4. The molecule has 0 N–H and O–H groups in total. The molecule has 0 saturated heterocycles. The summed E-state index contributed by atoms with van der Waals surface area (Å²) in [4.78, 5) is 24.3. The van der Waals surface area contributed by atoms with E-state index in [-0.39, 0.29) is 24.3 Å². The number of esters is 2. The summed E-state index contributed by atoms with van der Waals surface area (Å²) >= 11 is 1.70. The lowest BCUT2D eigenvalue weighted by molar-refractivity contribution is -0.166. The highest BCUT2D eigenvalue weighted by Gasteiger charge is 2.26. The van der Waals surface area contributed by atoms with Gasteiger partial charge in [-0.05, 0) is 33.1 Å². The van der Waals surface area contributed by atoms with Gasteiger partial charge in [-0.1, -0.05) is 18.3 Å². The second-order valence-corrected chi connectivity index (χ2v) is 20.0. The highest BCUT2D eigenvalue weighted by Crippen LogP contribution is 2.15. The average molecular weight is 467 g/mol. The van der Waals surface area contributed by atoms with Gasteiger partial charge in [0.05, 0.1) is 5.92 Å². The van der Waals surface area contributed by atoms with Crippen LogP contribution in [0.25, 0.3) is 0 Å². The SMILES string of the molecule is C=C(C)C(=O)OCOC(=O)C(C)CSC[SiH2]O[Si](C)(C)C(=C)[SiH2]O[SiH](C)C. The Bertz CT molecular complexity index is 527. The van der Waals surface area contributed by atoms with Crippen LogP contribution in [0.4, 0.5) is 0 Å². The molecule has 0 aliphatic rings. The van der Waals surface area contributed by atoms with Gasteiger partial charge in [-0.15, -0.1) is 6.58 Å². The molecule has 1 atom stereocenters. The zero-order valence-electron chi connectivity index (χ0n) is 17.5. The molecule has 0 heterocycles. The van der Waals surface area contributed by atoms with E-state index >= 15 is 0 Å². The molecule has 0 aromatic carbocycles. The fourth-order valence-corrected chi connectivity index (χ4v) is 12.4. The van der Waals surface area contributed by atoms with Crippen LogP contribution in [0.15, 0.2) is 23.6 Å². The van der Waals surface area contributed by atoms with Crippen molar-refractivity contribution < 1.29 is 27.3 Å².